The Kier molecular flexibility index (Phi) is 7.23. The van der Waals surface area contributed by atoms with Crippen molar-refractivity contribution in [3.05, 3.63) is 200 Å². The number of para-hydroxylation sites is 2. The fourth-order valence-corrected chi connectivity index (χ4v) is 8.42. The zero-order chi connectivity index (χ0) is 35.5. The van der Waals surface area contributed by atoms with Gasteiger partial charge in [0.1, 0.15) is 0 Å². The van der Waals surface area contributed by atoms with Crippen LogP contribution in [0, 0.1) is 6.92 Å². The third-order valence-corrected chi connectivity index (χ3v) is 10.7. The van der Waals surface area contributed by atoms with Crippen LogP contribution in [0.5, 0.6) is 0 Å². The predicted octanol–water partition coefficient (Wildman–Crippen LogP) is 14.8. The molecule has 10 rings (SSSR count). The molecule has 0 aliphatic rings. The van der Waals surface area contributed by atoms with Gasteiger partial charge in [-0.25, -0.2) is 0 Å². The van der Waals surface area contributed by atoms with Gasteiger partial charge in [-0.15, -0.1) is 0 Å². The van der Waals surface area contributed by atoms with E-state index < -0.39 is 0 Å². The van der Waals surface area contributed by atoms with E-state index in [9.17, 15) is 0 Å². The van der Waals surface area contributed by atoms with E-state index in [1.54, 1.807) is 0 Å². The number of nitrogens with zero attached hydrogens (tertiary/aromatic N) is 2. The highest BCUT2D eigenvalue weighted by molar-refractivity contribution is 6.24. The largest absolute Gasteiger partial charge is 0.310 e. The van der Waals surface area contributed by atoms with E-state index >= 15 is 0 Å². The fourth-order valence-electron chi connectivity index (χ4n) is 8.42. The summed E-state index contributed by atoms with van der Waals surface area (Å²) in [6, 6.07) is 66.2. The summed E-state index contributed by atoms with van der Waals surface area (Å²) in [6.07, 6.45) is 2.00. The van der Waals surface area contributed by atoms with E-state index in [2.05, 4.69) is 205 Å². The van der Waals surface area contributed by atoms with Crippen LogP contribution >= 0.6 is 0 Å². The van der Waals surface area contributed by atoms with Crippen molar-refractivity contribution in [2.75, 3.05) is 9.80 Å². The average molecular weight is 677 g/mol. The highest BCUT2D eigenvalue weighted by atomic mass is 15.2. The van der Waals surface area contributed by atoms with Crippen LogP contribution in [-0.4, -0.2) is 0 Å². The van der Waals surface area contributed by atoms with E-state index in [1.807, 2.05) is 6.08 Å². The van der Waals surface area contributed by atoms with Crippen LogP contribution in [0.1, 0.15) is 11.1 Å². The molecule has 10 aromatic carbocycles. The first-order valence-electron chi connectivity index (χ1n) is 18.2. The number of hydrogen-bond acceptors (Lipinski definition) is 2. The zero-order valence-electron chi connectivity index (χ0n) is 29.5. The number of fused-ring (bicyclic) bond motifs is 3. The lowest BCUT2D eigenvalue weighted by atomic mass is 9.93. The molecule has 0 radical (unpaired) electrons. The second kappa shape index (κ2) is 12.4. The van der Waals surface area contributed by atoms with Crippen molar-refractivity contribution in [2.24, 2.45) is 0 Å². The van der Waals surface area contributed by atoms with Crippen molar-refractivity contribution in [1.82, 2.24) is 0 Å². The Morgan fingerprint density at radius 2 is 0.755 bits per heavy atom. The third-order valence-electron chi connectivity index (χ3n) is 10.7. The maximum absolute atomic E-state index is 4.29. The van der Waals surface area contributed by atoms with E-state index in [-0.39, 0.29) is 0 Å². The average Bonchev–Trinajstić information content (AvgIpc) is 3.21. The first-order chi connectivity index (χ1) is 26.1. The summed E-state index contributed by atoms with van der Waals surface area (Å²) in [5.41, 5.74) is 8.92. The molecule has 2 nitrogen and oxygen atoms in total. The van der Waals surface area contributed by atoms with E-state index in [4.69, 9.17) is 0 Å². The molecular weight excluding hydrogens is 641 g/mol. The van der Waals surface area contributed by atoms with Gasteiger partial charge < -0.3 is 9.80 Å². The van der Waals surface area contributed by atoms with Crippen molar-refractivity contribution in [2.45, 2.75) is 6.92 Å². The van der Waals surface area contributed by atoms with Gasteiger partial charge in [0, 0.05) is 34.1 Å². The molecular formula is C51H36N2. The Morgan fingerprint density at radius 3 is 1.30 bits per heavy atom. The smallest absolute Gasteiger partial charge is 0.0482 e. The number of hydrogen-bond donors (Lipinski definition) is 0. The molecule has 0 bridgehead atoms. The van der Waals surface area contributed by atoms with Crippen LogP contribution in [0.25, 0.3) is 59.9 Å². The topological polar surface area (TPSA) is 6.48 Å². The second-order valence-corrected chi connectivity index (χ2v) is 13.9. The monoisotopic (exact) mass is 676 g/mol. The maximum Gasteiger partial charge on any atom is 0.0482 e. The molecule has 0 aliphatic heterocycles. The normalized spacial score (nSPS) is 11.6. The van der Waals surface area contributed by atoms with Gasteiger partial charge >= 0.3 is 0 Å². The van der Waals surface area contributed by atoms with Crippen molar-refractivity contribution in [3.63, 3.8) is 0 Å². The summed E-state index contributed by atoms with van der Waals surface area (Å²) in [6.45, 7) is 6.49. The molecule has 0 unspecified atom stereocenters. The molecule has 0 saturated carbocycles. The van der Waals surface area contributed by atoms with Crippen molar-refractivity contribution < 1.29 is 0 Å². The Hall–Kier alpha value is -6.90. The van der Waals surface area contributed by atoms with Crippen molar-refractivity contribution in [1.29, 1.82) is 0 Å². The highest BCUT2D eigenvalue weighted by Crippen LogP contribution is 2.45. The highest BCUT2D eigenvalue weighted by Gasteiger charge is 2.20. The Bertz CT molecular complexity index is 2920. The Morgan fingerprint density at radius 1 is 0.340 bits per heavy atom. The molecule has 0 fully saturated rings. The zero-order valence-corrected chi connectivity index (χ0v) is 29.5. The molecule has 10 aromatic rings. The predicted molar refractivity (Wildman–Crippen MR) is 229 cm³/mol. The standard InChI is InChI=1S/C51H36N2/c1-3-35-29-46(30-39-26-23-36-14-10-13-34(2)48(36)49(35)39)52(42-17-6-4-7-18-42)44-21-12-22-45(33-44)53(43-19-8-5-9-20-43)47-31-40-27-24-37-15-11-16-38-25-28-41(32-47)51(40)50(37)38/h3-33H,1H2,2H3. The van der Waals surface area contributed by atoms with Crippen LogP contribution < -0.4 is 9.80 Å². The lowest BCUT2D eigenvalue weighted by Gasteiger charge is -2.30. The first-order valence-corrected chi connectivity index (χ1v) is 18.2. The minimum absolute atomic E-state index is 1.07. The van der Waals surface area contributed by atoms with Crippen molar-refractivity contribution >= 4 is 94.1 Å². The van der Waals surface area contributed by atoms with Gasteiger partial charge in [-0.05, 0) is 139 Å². The van der Waals surface area contributed by atoms with E-state index in [1.165, 1.54) is 59.4 Å². The fraction of sp³-hybridized carbons (Fsp3) is 0.0196. The molecule has 2 heteroatoms. The van der Waals surface area contributed by atoms with E-state index in [0.717, 1.165) is 39.7 Å². The first kappa shape index (κ1) is 30.9. The maximum atomic E-state index is 4.29. The minimum Gasteiger partial charge on any atom is -0.310 e. The summed E-state index contributed by atoms with van der Waals surface area (Å²) in [5, 5.41) is 12.6. The molecule has 0 aliphatic carbocycles. The van der Waals surface area contributed by atoms with Crippen LogP contribution in [0.2, 0.25) is 0 Å². The molecule has 0 spiro atoms. The van der Waals surface area contributed by atoms with Gasteiger partial charge in [-0.2, -0.15) is 0 Å². The minimum atomic E-state index is 1.07. The summed E-state index contributed by atoms with van der Waals surface area (Å²) in [7, 11) is 0. The number of rotatable bonds is 7. The van der Waals surface area contributed by atoms with Crippen LogP contribution in [0.15, 0.2) is 189 Å². The molecule has 0 amide bonds. The van der Waals surface area contributed by atoms with Crippen LogP contribution in [-0.2, 0) is 0 Å². The summed E-state index contributed by atoms with van der Waals surface area (Å²) in [5.74, 6) is 0. The molecule has 0 aromatic heterocycles. The third kappa shape index (κ3) is 5.11. The summed E-state index contributed by atoms with van der Waals surface area (Å²) >= 11 is 0. The quantitative estimate of drug-likeness (QED) is 0.155. The molecule has 0 N–H and O–H groups in total. The molecule has 0 heterocycles. The van der Waals surface area contributed by atoms with Gasteiger partial charge in [0.05, 0.1) is 0 Å². The lowest BCUT2D eigenvalue weighted by Crippen LogP contribution is -2.13. The number of aryl methyl sites for hydroxylation is 1. The lowest BCUT2D eigenvalue weighted by molar-refractivity contribution is 1.25. The van der Waals surface area contributed by atoms with Gasteiger partial charge in [0.25, 0.3) is 0 Å². The van der Waals surface area contributed by atoms with Gasteiger partial charge in [-0.1, -0.05) is 128 Å². The summed E-state index contributed by atoms with van der Waals surface area (Å²) < 4.78 is 0. The SMILES string of the molecule is C=Cc1cc(N(c2ccccc2)c2cccc(N(c3ccccc3)c3cc4ccc5cccc6ccc(c3)c4c56)c2)cc2ccc3cccc(C)c3c12. The van der Waals surface area contributed by atoms with E-state index in [0.29, 0.717) is 0 Å². The number of benzene rings is 10. The molecule has 53 heavy (non-hydrogen) atoms. The summed E-state index contributed by atoms with van der Waals surface area (Å²) in [4.78, 5) is 4.74. The van der Waals surface area contributed by atoms with Gasteiger partial charge in [-0.3, -0.25) is 0 Å². The van der Waals surface area contributed by atoms with Crippen LogP contribution in [0.4, 0.5) is 34.1 Å². The van der Waals surface area contributed by atoms with Crippen molar-refractivity contribution in [3.8, 4) is 0 Å². The van der Waals surface area contributed by atoms with Gasteiger partial charge in [0.15, 0.2) is 0 Å². The number of anilines is 6. The van der Waals surface area contributed by atoms with Crippen LogP contribution in [0.3, 0.4) is 0 Å². The molecule has 250 valence electrons. The Balaban J connectivity index is 1.17. The molecule has 0 atom stereocenters. The second-order valence-electron chi connectivity index (χ2n) is 13.9. The molecule has 0 saturated heterocycles. The Labute approximate surface area is 309 Å². The van der Waals surface area contributed by atoms with Gasteiger partial charge in [0.2, 0.25) is 0 Å².